The van der Waals surface area contributed by atoms with Gasteiger partial charge in [0.15, 0.2) is 0 Å². The van der Waals surface area contributed by atoms with Crippen LogP contribution in [0, 0.1) is 6.92 Å². The van der Waals surface area contributed by atoms with E-state index < -0.39 is 9.84 Å². The van der Waals surface area contributed by atoms with Crippen molar-refractivity contribution in [3.8, 4) is 0 Å². The fourth-order valence-corrected chi connectivity index (χ4v) is 3.52. The topological polar surface area (TPSA) is 83.1 Å². The van der Waals surface area contributed by atoms with Gasteiger partial charge in [0.1, 0.15) is 0 Å². The van der Waals surface area contributed by atoms with Crippen molar-refractivity contribution in [2.75, 3.05) is 12.8 Å². The molecule has 24 heavy (non-hydrogen) atoms. The fraction of sp³-hybridized carbons (Fsp3) is 0.375. The van der Waals surface area contributed by atoms with E-state index in [2.05, 4.69) is 14.9 Å². The number of aromatic nitrogens is 2. The summed E-state index contributed by atoms with van der Waals surface area (Å²) in [4.78, 5) is 20.8. The SMILES string of the molecule is Cc1ccc(CN2CCc3nc(S(C)(=O)=O)[nH]c(=O)c3C2)cc1Cl. The molecule has 0 saturated heterocycles. The summed E-state index contributed by atoms with van der Waals surface area (Å²) in [5.41, 5.74) is 2.82. The highest BCUT2D eigenvalue weighted by molar-refractivity contribution is 7.90. The summed E-state index contributed by atoms with van der Waals surface area (Å²) < 4.78 is 23.2. The van der Waals surface area contributed by atoms with Gasteiger partial charge in [-0.1, -0.05) is 23.7 Å². The number of nitrogens with one attached hydrogen (secondary N) is 1. The maximum atomic E-state index is 12.2. The average Bonchev–Trinajstić information content (AvgIpc) is 2.50. The number of aromatic amines is 1. The lowest BCUT2D eigenvalue weighted by atomic mass is 10.1. The molecule has 0 bridgehead atoms. The molecule has 0 atom stereocenters. The lowest BCUT2D eigenvalue weighted by Gasteiger charge is -2.27. The molecule has 1 aromatic carbocycles. The molecule has 1 aliphatic rings. The molecular weight excluding hydrogens is 350 g/mol. The standard InChI is InChI=1S/C16H18ClN3O3S/c1-10-3-4-11(7-13(10)17)8-20-6-5-14-12(9-20)15(21)19-16(18-14)24(2,22)23/h3-4,7H,5-6,8-9H2,1-2H3,(H,18,19,21). The molecule has 0 fully saturated rings. The molecule has 2 heterocycles. The first-order chi connectivity index (χ1) is 11.2. The Bertz CT molecular complexity index is 954. The first-order valence-corrected chi connectivity index (χ1v) is 9.80. The van der Waals surface area contributed by atoms with Gasteiger partial charge in [0.05, 0.1) is 11.3 Å². The monoisotopic (exact) mass is 367 g/mol. The Morgan fingerprint density at radius 1 is 1.38 bits per heavy atom. The van der Waals surface area contributed by atoms with Crippen LogP contribution in [-0.2, 0) is 29.3 Å². The van der Waals surface area contributed by atoms with Gasteiger partial charge in [-0.15, -0.1) is 0 Å². The summed E-state index contributed by atoms with van der Waals surface area (Å²) in [7, 11) is -3.52. The van der Waals surface area contributed by atoms with Crippen molar-refractivity contribution >= 4 is 21.4 Å². The van der Waals surface area contributed by atoms with Crippen molar-refractivity contribution < 1.29 is 8.42 Å². The highest BCUT2D eigenvalue weighted by Crippen LogP contribution is 2.21. The lowest BCUT2D eigenvalue weighted by Crippen LogP contribution is -2.36. The number of halogens is 1. The average molecular weight is 368 g/mol. The van der Waals surface area contributed by atoms with Crippen molar-refractivity contribution in [3.05, 3.63) is 56.0 Å². The van der Waals surface area contributed by atoms with Gasteiger partial charge in [-0.2, -0.15) is 0 Å². The van der Waals surface area contributed by atoms with E-state index in [1.807, 2.05) is 25.1 Å². The Labute approximate surface area is 145 Å². The molecule has 8 heteroatoms. The highest BCUT2D eigenvalue weighted by atomic mass is 35.5. The number of fused-ring (bicyclic) bond motifs is 1. The minimum atomic E-state index is -3.52. The number of nitrogens with zero attached hydrogens (tertiary/aromatic N) is 2. The van der Waals surface area contributed by atoms with Crippen molar-refractivity contribution in [2.24, 2.45) is 0 Å². The Morgan fingerprint density at radius 3 is 2.79 bits per heavy atom. The van der Waals surface area contributed by atoms with Crippen LogP contribution in [0.1, 0.15) is 22.4 Å². The van der Waals surface area contributed by atoms with Crippen LogP contribution in [0.15, 0.2) is 28.2 Å². The van der Waals surface area contributed by atoms with Crippen LogP contribution < -0.4 is 5.56 Å². The Kier molecular flexibility index (Phi) is 4.50. The fourth-order valence-electron chi connectivity index (χ4n) is 2.76. The predicted octanol–water partition coefficient (Wildman–Crippen LogP) is 1.69. The normalized spacial score (nSPS) is 15.3. The van der Waals surface area contributed by atoms with E-state index in [0.29, 0.717) is 37.3 Å². The van der Waals surface area contributed by atoms with Crippen LogP contribution >= 0.6 is 11.6 Å². The van der Waals surface area contributed by atoms with E-state index in [0.717, 1.165) is 22.4 Å². The number of benzene rings is 1. The molecule has 128 valence electrons. The smallest absolute Gasteiger partial charge is 0.256 e. The molecule has 0 aliphatic carbocycles. The molecule has 0 amide bonds. The largest absolute Gasteiger partial charge is 0.297 e. The summed E-state index contributed by atoms with van der Waals surface area (Å²) in [6.07, 6.45) is 1.58. The van der Waals surface area contributed by atoms with E-state index >= 15 is 0 Å². The van der Waals surface area contributed by atoms with E-state index in [1.165, 1.54) is 0 Å². The molecule has 1 aliphatic heterocycles. The van der Waals surface area contributed by atoms with Gasteiger partial charge in [0.2, 0.25) is 15.0 Å². The molecule has 2 aromatic rings. The van der Waals surface area contributed by atoms with Crippen LogP contribution in [0.2, 0.25) is 5.02 Å². The van der Waals surface area contributed by atoms with Crippen LogP contribution in [0.25, 0.3) is 0 Å². The number of hydrogen-bond acceptors (Lipinski definition) is 5. The van der Waals surface area contributed by atoms with Gasteiger partial charge in [0.25, 0.3) is 5.56 Å². The van der Waals surface area contributed by atoms with Crippen LogP contribution in [0.3, 0.4) is 0 Å². The Hall–Kier alpha value is -1.70. The molecule has 3 rings (SSSR count). The van der Waals surface area contributed by atoms with Crippen molar-refractivity contribution in [2.45, 2.75) is 31.6 Å². The minimum Gasteiger partial charge on any atom is -0.297 e. The zero-order valence-corrected chi connectivity index (χ0v) is 15.0. The van der Waals surface area contributed by atoms with Crippen molar-refractivity contribution in [1.82, 2.24) is 14.9 Å². The van der Waals surface area contributed by atoms with Crippen LogP contribution in [0.5, 0.6) is 0 Å². The van der Waals surface area contributed by atoms with Crippen molar-refractivity contribution in [3.63, 3.8) is 0 Å². The second kappa shape index (κ2) is 6.31. The molecular formula is C16H18ClN3O3S. The summed E-state index contributed by atoms with van der Waals surface area (Å²) >= 11 is 6.16. The predicted molar refractivity (Wildman–Crippen MR) is 92.0 cm³/mol. The molecule has 0 spiro atoms. The second-order valence-electron chi connectivity index (χ2n) is 6.11. The first kappa shape index (κ1) is 17.1. The minimum absolute atomic E-state index is 0.259. The van der Waals surface area contributed by atoms with E-state index in [9.17, 15) is 13.2 Å². The van der Waals surface area contributed by atoms with Crippen LogP contribution in [-0.4, -0.2) is 36.1 Å². The van der Waals surface area contributed by atoms with E-state index in [-0.39, 0.29) is 10.7 Å². The quantitative estimate of drug-likeness (QED) is 0.835. The van der Waals surface area contributed by atoms with E-state index in [1.54, 1.807) is 0 Å². The Morgan fingerprint density at radius 2 is 2.12 bits per heavy atom. The number of aryl methyl sites for hydroxylation is 1. The molecule has 6 nitrogen and oxygen atoms in total. The number of H-pyrrole nitrogens is 1. The third kappa shape index (κ3) is 3.53. The first-order valence-electron chi connectivity index (χ1n) is 7.53. The second-order valence-corrected chi connectivity index (χ2v) is 8.45. The van der Waals surface area contributed by atoms with Gasteiger partial charge >= 0.3 is 0 Å². The van der Waals surface area contributed by atoms with E-state index in [4.69, 9.17) is 11.6 Å². The Balaban J connectivity index is 1.84. The van der Waals surface area contributed by atoms with Crippen molar-refractivity contribution in [1.29, 1.82) is 0 Å². The number of hydrogen-bond donors (Lipinski definition) is 1. The summed E-state index contributed by atoms with van der Waals surface area (Å²) in [5, 5.41) is 0.465. The molecule has 0 unspecified atom stereocenters. The van der Waals surface area contributed by atoms with Gasteiger partial charge in [0, 0.05) is 37.3 Å². The van der Waals surface area contributed by atoms with Crippen LogP contribution in [0.4, 0.5) is 0 Å². The molecule has 0 saturated carbocycles. The highest BCUT2D eigenvalue weighted by Gasteiger charge is 2.23. The lowest BCUT2D eigenvalue weighted by molar-refractivity contribution is 0.241. The summed E-state index contributed by atoms with van der Waals surface area (Å²) in [6, 6.07) is 5.93. The van der Waals surface area contributed by atoms with Gasteiger partial charge in [-0.05, 0) is 24.1 Å². The zero-order valence-electron chi connectivity index (χ0n) is 13.5. The maximum absolute atomic E-state index is 12.2. The zero-order chi connectivity index (χ0) is 17.5. The van der Waals surface area contributed by atoms with Gasteiger partial charge in [-0.25, -0.2) is 13.4 Å². The maximum Gasteiger partial charge on any atom is 0.256 e. The molecule has 1 aromatic heterocycles. The third-order valence-electron chi connectivity index (χ3n) is 4.12. The van der Waals surface area contributed by atoms with Gasteiger partial charge in [-0.3, -0.25) is 14.7 Å². The number of sulfone groups is 1. The summed E-state index contributed by atoms with van der Waals surface area (Å²) in [6.45, 7) is 3.77. The third-order valence-corrected chi connectivity index (χ3v) is 5.42. The molecule has 1 N–H and O–H groups in total. The van der Waals surface area contributed by atoms with Gasteiger partial charge < -0.3 is 0 Å². The summed E-state index contributed by atoms with van der Waals surface area (Å²) in [5.74, 6) is 0. The molecule has 0 radical (unpaired) electrons. The number of rotatable bonds is 3.